The molecule has 158 valence electrons. The quantitative estimate of drug-likeness (QED) is 0.438. The number of amides is 2. The number of para-hydroxylation sites is 1. The van der Waals surface area contributed by atoms with Crippen LogP contribution in [0, 0.1) is 15.9 Å². The zero-order chi connectivity index (χ0) is 22.4. The average Bonchev–Trinajstić information content (AvgIpc) is 2.74. The highest BCUT2D eigenvalue weighted by Crippen LogP contribution is 2.29. The molecule has 0 unspecified atom stereocenters. The van der Waals surface area contributed by atoms with Crippen molar-refractivity contribution in [1.82, 2.24) is 0 Å². The lowest BCUT2D eigenvalue weighted by molar-refractivity contribution is -0.385. The van der Waals surface area contributed by atoms with Crippen molar-refractivity contribution in [1.29, 1.82) is 0 Å². The first-order valence-corrected chi connectivity index (χ1v) is 9.14. The van der Waals surface area contributed by atoms with E-state index >= 15 is 0 Å². The number of rotatable bonds is 7. The number of hydrogen-bond donors (Lipinski definition) is 2. The molecule has 3 rings (SSSR count). The van der Waals surface area contributed by atoms with Crippen molar-refractivity contribution < 1.29 is 23.6 Å². The molecule has 0 fully saturated rings. The number of benzene rings is 3. The minimum atomic E-state index is -0.554. The molecule has 0 atom stereocenters. The van der Waals surface area contributed by atoms with Gasteiger partial charge in [-0.3, -0.25) is 19.7 Å². The van der Waals surface area contributed by atoms with Gasteiger partial charge in [0.15, 0.2) is 0 Å². The van der Waals surface area contributed by atoms with Gasteiger partial charge in [0.1, 0.15) is 11.6 Å². The molecule has 0 saturated carbocycles. The van der Waals surface area contributed by atoms with Crippen molar-refractivity contribution in [2.45, 2.75) is 6.42 Å². The van der Waals surface area contributed by atoms with Gasteiger partial charge in [-0.05, 0) is 36.4 Å². The maximum atomic E-state index is 13.4. The first-order valence-electron chi connectivity index (χ1n) is 9.14. The largest absolute Gasteiger partial charge is 0.495 e. The van der Waals surface area contributed by atoms with Crippen LogP contribution in [0.5, 0.6) is 5.75 Å². The maximum absolute atomic E-state index is 13.4. The second-order valence-corrected chi connectivity index (χ2v) is 6.49. The van der Waals surface area contributed by atoms with Crippen molar-refractivity contribution in [2.75, 3.05) is 17.7 Å². The number of nitro benzene ring substituents is 1. The molecule has 8 nitrogen and oxygen atoms in total. The van der Waals surface area contributed by atoms with Gasteiger partial charge in [0.25, 0.3) is 11.6 Å². The molecule has 0 aromatic heterocycles. The predicted molar refractivity (Wildman–Crippen MR) is 113 cm³/mol. The summed E-state index contributed by atoms with van der Waals surface area (Å²) in [5, 5.41) is 16.4. The van der Waals surface area contributed by atoms with Gasteiger partial charge in [-0.25, -0.2) is 4.39 Å². The number of nitrogens with zero attached hydrogens (tertiary/aromatic N) is 1. The second-order valence-electron chi connectivity index (χ2n) is 6.49. The van der Waals surface area contributed by atoms with Crippen LogP contribution >= 0.6 is 0 Å². The van der Waals surface area contributed by atoms with Gasteiger partial charge in [0.2, 0.25) is 5.91 Å². The Morgan fingerprint density at radius 2 is 1.81 bits per heavy atom. The number of carbonyl (C=O) groups excluding carboxylic acids is 2. The van der Waals surface area contributed by atoms with Crippen molar-refractivity contribution in [3.8, 4) is 5.75 Å². The molecule has 0 aliphatic carbocycles. The number of nitro groups is 1. The Kier molecular flexibility index (Phi) is 6.56. The van der Waals surface area contributed by atoms with E-state index in [-0.39, 0.29) is 28.9 Å². The molecule has 3 aromatic carbocycles. The molecule has 2 amide bonds. The highest BCUT2D eigenvalue weighted by Gasteiger charge is 2.17. The molecule has 0 bridgehead atoms. The van der Waals surface area contributed by atoms with Crippen LogP contribution in [0.1, 0.15) is 15.9 Å². The molecule has 0 saturated heterocycles. The summed E-state index contributed by atoms with van der Waals surface area (Å²) in [5.74, 6) is -1.24. The van der Waals surface area contributed by atoms with Crippen molar-refractivity contribution in [3.63, 3.8) is 0 Å². The summed E-state index contributed by atoms with van der Waals surface area (Å²) in [7, 11) is 1.42. The Hall–Kier alpha value is -4.27. The van der Waals surface area contributed by atoms with E-state index in [9.17, 15) is 24.1 Å². The molecule has 3 aromatic rings. The van der Waals surface area contributed by atoms with Crippen molar-refractivity contribution >= 4 is 28.9 Å². The monoisotopic (exact) mass is 423 g/mol. The summed E-state index contributed by atoms with van der Waals surface area (Å²) in [6.45, 7) is 0. The van der Waals surface area contributed by atoms with Gasteiger partial charge < -0.3 is 15.4 Å². The van der Waals surface area contributed by atoms with Crippen LogP contribution in [0.25, 0.3) is 0 Å². The van der Waals surface area contributed by atoms with E-state index in [2.05, 4.69) is 10.6 Å². The number of hydrogen-bond acceptors (Lipinski definition) is 5. The predicted octanol–water partition coefficient (Wildman–Crippen LogP) is 4.18. The summed E-state index contributed by atoms with van der Waals surface area (Å²) in [4.78, 5) is 35.4. The molecule has 0 heterocycles. The van der Waals surface area contributed by atoms with Crippen LogP contribution in [0.2, 0.25) is 0 Å². The Labute approximate surface area is 176 Å². The molecule has 2 N–H and O–H groups in total. The Morgan fingerprint density at radius 1 is 1.03 bits per heavy atom. The zero-order valence-electron chi connectivity index (χ0n) is 16.4. The molecule has 0 aliphatic heterocycles. The molecular formula is C22H18FN3O5. The van der Waals surface area contributed by atoms with Gasteiger partial charge >= 0.3 is 0 Å². The first-order chi connectivity index (χ1) is 14.9. The van der Waals surface area contributed by atoms with Gasteiger partial charge in [-0.1, -0.05) is 24.3 Å². The SMILES string of the molecule is COc1ccc(NC(=O)Cc2ccccc2[N+](=O)[O-])cc1NC(=O)c1cccc(F)c1. The van der Waals surface area contributed by atoms with Crippen LogP contribution in [0.3, 0.4) is 0 Å². The second kappa shape index (κ2) is 9.49. The van der Waals surface area contributed by atoms with E-state index in [1.54, 1.807) is 18.2 Å². The standard InChI is InChI=1S/C22H18FN3O5/c1-31-20-10-9-17(13-18(20)25-22(28)15-6-4-7-16(23)11-15)24-21(27)12-14-5-2-3-8-19(14)26(29)30/h2-11,13H,12H2,1H3,(H,24,27)(H,25,28). The van der Waals surface area contributed by atoms with E-state index < -0.39 is 22.6 Å². The average molecular weight is 423 g/mol. The minimum Gasteiger partial charge on any atom is -0.495 e. The van der Waals surface area contributed by atoms with E-state index in [0.29, 0.717) is 11.4 Å². The lowest BCUT2D eigenvalue weighted by Gasteiger charge is -2.13. The number of carbonyl (C=O) groups is 2. The summed E-state index contributed by atoms with van der Waals surface area (Å²) < 4.78 is 18.6. The Morgan fingerprint density at radius 3 is 2.52 bits per heavy atom. The van der Waals surface area contributed by atoms with E-state index in [1.807, 2.05) is 0 Å². The van der Waals surface area contributed by atoms with Gasteiger partial charge in [0.05, 0.1) is 24.1 Å². The van der Waals surface area contributed by atoms with E-state index in [4.69, 9.17) is 4.74 Å². The summed E-state index contributed by atoms with van der Waals surface area (Å²) in [6, 6.07) is 15.8. The summed E-state index contributed by atoms with van der Waals surface area (Å²) in [5.41, 5.74) is 0.862. The number of ether oxygens (including phenoxy) is 1. The fourth-order valence-electron chi connectivity index (χ4n) is 2.92. The Balaban J connectivity index is 1.76. The maximum Gasteiger partial charge on any atom is 0.273 e. The lowest BCUT2D eigenvalue weighted by Crippen LogP contribution is -2.16. The normalized spacial score (nSPS) is 10.3. The van der Waals surface area contributed by atoms with Crippen LogP contribution in [-0.4, -0.2) is 23.8 Å². The molecule has 9 heteroatoms. The van der Waals surface area contributed by atoms with Crippen LogP contribution < -0.4 is 15.4 Å². The summed E-state index contributed by atoms with van der Waals surface area (Å²) >= 11 is 0. The summed E-state index contributed by atoms with van der Waals surface area (Å²) in [6.07, 6.45) is -0.200. The van der Waals surface area contributed by atoms with Gasteiger partial charge in [0, 0.05) is 22.9 Å². The number of halogens is 1. The number of nitrogens with one attached hydrogen (secondary N) is 2. The fourth-order valence-corrected chi connectivity index (χ4v) is 2.92. The first kappa shape index (κ1) is 21.4. The van der Waals surface area contributed by atoms with E-state index in [1.165, 1.54) is 49.6 Å². The van der Waals surface area contributed by atoms with Crippen LogP contribution in [0.4, 0.5) is 21.5 Å². The molecule has 0 aliphatic rings. The van der Waals surface area contributed by atoms with E-state index in [0.717, 1.165) is 6.07 Å². The van der Waals surface area contributed by atoms with Crippen LogP contribution in [-0.2, 0) is 11.2 Å². The topological polar surface area (TPSA) is 111 Å². The fraction of sp³-hybridized carbons (Fsp3) is 0.0909. The highest BCUT2D eigenvalue weighted by atomic mass is 19.1. The molecule has 0 radical (unpaired) electrons. The van der Waals surface area contributed by atoms with Gasteiger partial charge in [-0.2, -0.15) is 0 Å². The number of anilines is 2. The zero-order valence-corrected chi connectivity index (χ0v) is 16.4. The van der Waals surface area contributed by atoms with Crippen molar-refractivity contribution in [2.24, 2.45) is 0 Å². The third-order valence-electron chi connectivity index (χ3n) is 4.36. The Bertz CT molecular complexity index is 1150. The van der Waals surface area contributed by atoms with Crippen molar-refractivity contribution in [3.05, 3.63) is 93.8 Å². The molecular weight excluding hydrogens is 405 g/mol. The third kappa shape index (κ3) is 5.41. The molecule has 31 heavy (non-hydrogen) atoms. The minimum absolute atomic E-state index is 0.118. The van der Waals surface area contributed by atoms with Gasteiger partial charge in [-0.15, -0.1) is 0 Å². The van der Waals surface area contributed by atoms with Crippen LogP contribution in [0.15, 0.2) is 66.7 Å². The smallest absolute Gasteiger partial charge is 0.273 e. The lowest BCUT2D eigenvalue weighted by atomic mass is 10.1. The third-order valence-corrected chi connectivity index (χ3v) is 4.36. The highest BCUT2D eigenvalue weighted by molar-refractivity contribution is 6.05. The molecule has 0 spiro atoms. The number of methoxy groups -OCH3 is 1.